The van der Waals surface area contributed by atoms with Crippen molar-refractivity contribution in [3.8, 4) is 0 Å². The van der Waals surface area contributed by atoms with Gasteiger partial charge in [-0.1, -0.05) is 36.4 Å². The van der Waals surface area contributed by atoms with Crippen LogP contribution in [-0.4, -0.2) is 44.3 Å². The third-order valence-corrected chi connectivity index (χ3v) is 7.24. The van der Waals surface area contributed by atoms with Crippen molar-refractivity contribution in [3.63, 3.8) is 0 Å². The van der Waals surface area contributed by atoms with Gasteiger partial charge in [-0.05, 0) is 42.7 Å². The summed E-state index contributed by atoms with van der Waals surface area (Å²) in [7, 11) is -3.40. The molecule has 8 heteroatoms. The Morgan fingerprint density at radius 3 is 2.79 bits per heavy atom. The van der Waals surface area contributed by atoms with Crippen LogP contribution in [0.2, 0.25) is 0 Å². The maximum Gasteiger partial charge on any atom is 0.410 e. The molecule has 3 rings (SSSR count). The van der Waals surface area contributed by atoms with E-state index in [1.807, 2.05) is 54.8 Å². The number of carbonyl (C=O) groups is 1. The molecule has 0 saturated carbocycles. The molecule has 1 saturated heterocycles. The molecule has 2 heterocycles. The van der Waals surface area contributed by atoms with Crippen LogP contribution in [0.25, 0.3) is 0 Å². The molecule has 1 fully saturated rings. The number of hydrogen-bond donors (Lipinski definition) is 1. The van der Waals surface area contributed by atoms with Crippen LogP contribution in [0.3, 0.4) is 0 Å². The van der Waals surface area contributed by atoms with Gasteiger partial charge in [-0.15, -0.1) is 11.3 Å². The molecule has 1 N–H and O–H groups in total. The van der Waals surface area contributed by atoms with E-state index in [0.29, 0.717) is 25.9 Å². The number of thiophene rings is 1. The normalized spacial score (nSPS) is 18.2. The minimum Gasteiger partial charge on any atom is -0.445 e. The van der Waals surface area contributed by atoms with E-state index in [-0.39, 0.29) is 30.4 Å². The van der Waals surface area contributed by atoms with Crippen LogP contribution in [0.5, 0.6) is 0 Å². The molecule has 2 unspecified atom stereocenters. The van der Waals surface area contributed by atoms with Crippen molar-refractivity contribution < 1.29 is 17.9 Å². The molecule has 0 bridgehead atoms. The number of nitrogens with zero attached hydrogens (tertiary/aromatic N) is 1. The molecular formula is C20H26N2O4S2. The molecule has 1 amide bonds. The molecule has 2 aromatic rings. The topological polar surface area (TPSA) is 75.7 Å². The molecule has 1 aliphatic rings. The van der Waals surface area contributed by atoms with E-state index in [0.717, 1.165) is 10.4 Å². The lowest BCUT2D eigenvalue weighted by Gasteiger charge is -2.18. The predicted molar refractivity (Wildman–Crippen MR) is 111 cm³/mol. The number of nitrogens with one attached hydrogen (secondary N) is 1. The summed E-state index contributed by atoms with van der Waals surface area (Å²) >= 11 is 1.62. The lowest BCUT2D eigenvalue weighted by molar-refractivity contribution is 0.103. The smallest absolute Gasteiger partial charge is 0.410 e. The Bertz CT molecular complexity index is 854. The first-order valence-corrected chi connectivity index (χ1v) is 11.9. The van der Waals surface area contributed by atoms with Crippen molar-refractivity contribution in [2.75, 3.05) is 18.8 Å². The second kappa shape index (κ2) is 9.54. The molecule has 0 spiro atoms. The Balaban J connectivity index is 1.43. The second-order valence-electron chi connectivity index (χ2n) is 7.22. The van der Waals surface area contributed by atoms with Gasteiger partial charge in [0.15, 0.2) is 0 Å². The van der Waals surface area contributed by atoms with E-state index in [4.69, 9.17) is 4.74 Å². The molecule has 0 aliphatic carbocycles. The maximum atomic E-state index is 12.5. The van der Waals surface area contributed by atoms with Crippen molar-refractivity contribution in [1.29, 1.82) is 0 Å². The number of rotatable bonds is 8. The van der Waals surface area contributed by atoms with E-state index >= 15 is 0 Å². The Hall–Kier alpha value is -1.90. The van der Waals surface area contributed by atoms with Gasteiger partial charge >= 0.3 is 6.09 Å². The van der Waals surface area contributed by atoms with Gasteiger partial charge in [0.25, 0.3) is 0 Å². The molecule has 28 heavy (non-hydrogen) atoms. The third kappa shape index (κ3) is 6.32. The highest BCUT2D eigenvalue weighted by molar-refractivity contribution is 7.89. The summed E-state index contributed by atoms with van der Waals surface area (Å²) in [6.07, 6.45) is 0.961. The van der Waals surface area contributed by atoms with Crippen LogP contribution in [0, 0.1) is 5.92 Å². The lowest BCUT2D eigenvalue weighted by atomic mass is 10.2. The molecule has 2 atom stereocenters. The monoisotopic (exact) mass is 422 g/mol. The Labute approximate surface area is 170 Å². The molecule has 1 aromatic heterocycles. The van der Waals surface area contributed by atoms with Gasteiger partial charge in [0, 0.05) is 24.0 Å². The summed E-state index contributed by atoms with van der Waals surface area (Å²) in [5.41, 5.74) is 0.929. The van der Waals surface area contributed by atoms with Crippen LogP contribution in [0.4, 0.5) is 4.79 Å². The van der Waals surface area contributed by atoms with Crippen LogP contribution in [0.1, 0.15) is 23.8 Å². The van der Waals surface area contributed by atoms with E-state index in [1.54, 1.807) is 16.2 Å². The van der Waals surface area contributed by atoms with Gasteiger partial charge in [-0.3, -0.25) is 0 Å². The van der Waals surface area contributed by atoms with Gasteiger partial charge in [0.2, 0.25) is 10.0 Å². The average Bonchev–Trinajstić information content (AvgIpc) is 3.31. The molecule has 6 nitrogen and oxygen atoms in total. The van der Waals surface area contributed by atoms with Gasteiger partial charge in [-0.25, -0.2) is 17.9 Å². The SMILES string of the molecule is CC(Cc1cccs1)NS(=O)(=O)CC1CCN(C(=O)OCc2ccccc2)C1. The Morgan fingerprint density at radius 2 is 2.07 bits per heavy atom. The van der Waals surface area contributed by atoms with E-state index in [1.165, 1.54) is 0 Å². The summed E-state index contributed by atoms with van der Waals surface area (Å²) in [4.78, 5) is 15.0. The van der Waals surface area contributed by atoms with E-state index < -0.39 is 10.0 Å². The fraction of sp³-hybridized carbons (Fsp3) is 0.450. The van der Waals surface area contributed by atoms with E-state index in [9.17, 15) is 13.2 Å². The zero-order valence-corrected chi connectivity index (χ0v) is 17.5. The molecular weight excluding hydrogens is 396 g/mol. The van der Waals surface area contributed by atoms with Crippen molar-refractivity contribution in [2.45, 2.75) is 32.4 Å². The van der Waals surface area contributed by atoms with Crippen molar-refractivity contribution >= 4 is 27.5 Å². The summed E-state index contributed by atoms with van der Waals surface area (Å²) in [5, 5.41) is 1.99. The average molecular weight is 423 g/mol. The zero-order chi connectivity index (χ0) is 20.0. The minimum atomic E-state index is -3.40. The number of ether oxygens (including phenoxy) is 1. The fourth-order valence-corrected chi connectivity index (χ4v) is 5.90. The number of amides is 1. The molecule has 152 valence electrons. The molecule has 0 radical (unpaired) electrons. The van der Waals surface area contributed by atoms with Gasteiger partial charge in [0.05, 0.1) is 5.75 Å². The Kier molecular flexibility index (Phi) is 7.09. The minimum absolute atomic E-state index is 0.0320. The number of benzene rings is 1. The third-order valence-electron chi connectivity index (χ3n) is 4.67. The zero-order valence-electron chi connectivity index (χ0n) is 15.9. The number of hydrogen-bond acceptors (Lipinski definition) is 5. The summed E-state index contributed by atoms with van der Waals surface area (Å²) in [6.45, 7) is 3.03. The van der Waals surface area contributed by atoms with Gasteiger partial charge in [-0.2, -0.15) is 0 Å². The lowest BCUT2D eigenvalue weighted by Crippen LogP contribution is -2.38. The number of sulfonamides is 1. The summed E-state index contributed by atoms with van der Waals surface area (Å²) < 4.78 is 33.0. The highest BCUT2D eigenvalue weighted by Crippen LogP contribution is 2.20. The molecule has 1 aliphatic heterocycles. The van der Waals surface area contributed by atoms with Crippen molar-refractivity contribution in [3.05, 3.63) is 58.3 Å². The second-order valence-corrected chi connectivity index (χ2v) is 10.1. The van der Waals surface area contributed by atoms with Crippen molar-refractivity contribution in [1.82, 2.24) is 9.62 Å². The first kappa shape index (κ1) is 20.8. The Morgan fingerprint density at radius 1 is 1.29 bits per heavy atom. The van der Waals surface area contributed by atoms with Crippen LogP contribution >= 0.6 is 11.3 Å². The first-order valence-electron chi connectivity index (χ1n) is 9.39. The maximum absolute atomic E-state index is 12.5. The first-order chi connectivity index (χ1) is 13.4. The predicted octanol–water partition coefficient (Wildman–Crippen LogP) is 3.26. The highest BCUT2D eigenvalue weighted by Gasteiger charge is 2.31. The van der Waals surface area contributed by atoms with Crippen molar-refractivity contribution in [2.24, 2.45) is 5.92 Å². The highest BCUT2D eigenvalue weighted by atomic mass is 32.2. The summed E-state index contributed by atoms with van der Waals surface area (Å²) in [6, 6.07) is 13.3. The largest absolute Gasteiger partial charge is 0.445 e. The standard InChI is InChI=1S/C20H26N2O4S2/c1-16(12-19-8-5-11-27-19)21-28(24,25)15-18-9-10-22(13-18)20(23)26-14-17-6-3-2-4-7-17/h2-8,11,16,18,21H,9-10,12-15H2,1H3. The van der Waals surface area contributed by atoms with E-state index in [2.05, 4.69) is 4.72 Å². The number of carbonyl (C=O) groups excluding carboxylic acids is 1. The van der Waals surface area contributed by atoms with Gasteiger partial charge in [0.1, 0.15) is 6.61 Å². The summed E-state index contributed by atoms with van der Waals surface area (Å²) in [5.74, 6) is -0.0414. The van der Waals surface area contributed by atoms with Crippen LogP contribution in [0.15, 0.2) is 47.8 Å². The van der Waals surface area contributed by atoms with Crippen LogP contribution in [-0.2, 0) is 27.8 Å². The number of likely N-dealkylation sites (tertiary alicyclic amines) is 1. The quantitative estimate of drug-likeness (QED) is 0.709. The van der Waals surface area contributed by atoms with Crippen LogP contribution < -0.4 is 4.72 Å². The fourth-order valence-electron chi connectivity index (χ4n) is 3.38. The van der Waals surface area contributed by atoms with Gasteiger partial charge < -0.3 is 9.64 Å². The molecule has 1 aromatic carbocycles.